The van der Waals surface area contributed by atoms with Gasteiger partial charge in [0.15, 0.2) is 0 Å². The molecular weight excluding hydrogens is 104 g/mol. The summed E-state index contributed by atoms with van der Waals surface area (Å²) in [7, 11) is 1.59. The fraction of sp³-hybridized carbons (Fsp3) is 0.667. The van der Waals surface area contributed by atoms with Crippen LogP contribution in [0.15, 0.2) is 12.8 Å². The monoisotopic (exact) mass is 116 g/mol. The van der Waals surface area contributed by atoms with E-state index in [0.717, 1.165) is 0 Å². The van der Waals surface area contributed by atoms with Gasteiger partial charge in [-0.15, -0.1) is 0 Å². The molecule has 0 aliphatic rings. The molecule has 0 rings (SSSR count). The van der Waals surface area contributed by atoms with E-state index in [1.807, 2.05) is 13.8 Å². The van der Waals surface area contributed by atoms with E-state index in [2.05, 4.69) is 6.58 Å². The lowest BCUT2D eigenvalue weighted by molar-refractivity contribution is -0.161. The zero-order valence-corrected chi connectivity index (χ0v) is 5.60. The Bertz CT molecular complexity index is 76.6. The highest BCUT2D eigenvalue weighted by atomic mass is 16.7. The summed E-state index contributed by atoms with van der Waals surface area (Å²) in [6.45, 7) is 7.02. The third-order valence-electron chi connectivity index (χ3n) is 0.859. The van der Waals surface area contributed by atoms with Crippen LogP contribution in [-0.4, -0.2) is 12.9 Å². The van der Waals surface area contributed by atoms with E-state index in [0.29, 0.717) is 0 Å². The van der Waals surface area contributed by atoms with Gasteiger partial charge in [-0.25, -0.2) is 0 Å². The van der Waals surface area contributed by atoms with E-state index in [1.165, 1.54) is 6.26 Å². The van der Waals surface area contributed by atoms with E-state index in [4.69, 9.17) is 9.47 Å². The van der Waals surface area contributed by atoms with Crippen LogP contribution in [0.3, 0.4) is 0 Å². The van der Waals surface area contributed by atoms with Crippen molar-refractivity contribution in [2.45, 2.75) is 19.6 Å². The number of ether oxygens (including phenoxy) is 2. The molecule has 0 N–H and O–H groups in total. The number of rotatable bonds is 3. The molecule has 0 fully saturated rings. The Morgan fingerprint density at radius 3 is 2.12 bits per heavy atom. The standard InChI is InChI=1S/C6H12O2/c1-5-8-6(2,3)7-4/h5H,1H2,2-4H3. The summed E-state index contributed by atoms with van der Waals surface area (Å²) in [4.78, 5) is 0. The van der Waals surface area contributed by atoms with Crippen molar-refractivity contribution >= 4 is 0 Å². The number of hydrogen-bond donors (Lipinski definition) is 0. The Balaban J connectivity index is 3.53. The van der Waals surface area contributed by atoms with E-state index in [-0.39, 0.29) is 0 Å². The van der Waals surface area contributed by atoms with Crippen LogP contribution >= 0.6 is 0 Å². The maximum Gasteiger partial charge on any atom is 0.203 e. The zero-order chi connectivity index (χ0) is 6.62. The molecule has 0 saturated heterocycles. The average Bonchev–Trinajstić information content (AvgIpc) is 1.67. The predicted octanol–water partition coefficient (Wildman–Crippen LogP) is 1.53. The molecule has 0 aromatic carbocycles. The van der Waals surface area contributed by atoms with Crippen LogP contribution in [0.2, 0.25) is 0 Å². The molecule has 0 radical (unpaired) electrons. The highest BCUT2D eigenvalue weighted by Crippen LogP contribution is 2.07. The second-order valence-corrected chi connectivity index (χ2v) is 1.89. The first-order chi connectivity index (χ1) is 3.62. The maximum absolute atomic E-state index is 4.92. The van der Waals surface area contributed by atoms with Crippen molar-refractivity contribution in [2.75, 3.05) is 7.11 Å². The molecule has 0 bridgehead atoms. The first kappa shape index (κ1) is 7.50. The first-order valence-electron chi connectivity index (χ1n) is 2.46. The smallest absolute Gasteiger partial charge is 0.203 e. The molecule has 0 amide bonds. The van der Waals surface area contributed by atoms with E-state index < -0.39 is 5.79 Å². The molecule has 0 aliphatic carbocycles. The quantitative estimate of drug-likeness (QED) is 0.411. The molecule has 0 aromatic rings. The van der Waals surface area contributed by atoms with Crippen LogP contribution in [-0.2, 0) is 9.47 Å². The van der Waals surface area contributed by atoms with Crippen molar-refractivity contribution in [3.05, 3.63) is 12.8 Å². The molecule has 2 heteroatoms. The van der Waals surface area contributed by atoms with Gasteiger partial charge in [-0.1, -0.05) is 6.58 Å². The molecule has 0 heterocycles. The van der Waals surface area contributed by atoms with Gasteiger partial charge in [0.2, 0.25) is 5.79 Å². The highest BCUT2D eigenvalue weighted by Gasteiger charge is 2.13. The van der Waals surface area contributed by atoms with E-state index in [9.17, 15) is 0 Å². The minimum Gasteiger partial charge on any atom is -0.471 e. The normalized spacial score (nSPS) is 10.9. The summed E-state index contributed by atoms with van der Waals surface area (Å²) in [5.74, 6) is -0.526. The molecule has 0 saturated carbocycles. The van der Waals surface area contributed by atoms with Gasteiger partial charge < -0.3 is 9.47 Å². The lowest BCUT2D eigenvalue weighted by Gasteiger charge is -2.21. The predicted molar refractivity (Wildman–Crippen MR) is 32.4 cm³/mol. The van der Waals surface area contributed by atoms with Gasteiger partial charge in [-0.05, 0) is 0 Å². The van der Waals surface area contributed by atoms with Gasteiger partial charge in [0, 0.05) is 21.0 Å². The van der Waals surface area contributed by atoms with Gasteiger partial charge in [0.05, 0.1) is 6.26 Å². The van der Waals surface area contributed by atoms with Crippen LogP contribution < -0.4 is 0 Å². The largest absolute Gasteiger partial charge is 0.471 e. The van der Waals surface area contributed by atoms with Crippen molar-refractivity contribution < 1.29 is 9.47 Å². The first-order valence-corrected chi connectivity index (χ1v) is 2.46. The van der Waals surface area contributed by atoms with E-state index >= 15 is 0 Å². The van der Waals surface area contributed by atoms with Crippen molar-refractivity contribution in [1.82, 2.24) is 0 Å². The van der Waals surface area contributed by atoms with Crippen LogP contribution in [0.5, 0.6) is 0 Å². The molecule has 2 nitrogen and oxygen atoms in total. The summed E-state index contributed by atoms with van der Waals surface area (Å²) in [6.07, 6.45) is 1.36. The highest BCUT2D eigenvalue weighted by molar-refractivity contribution is 4.58. The summed E-state index contributed by atoms with van der Waals surface area (Å²) < 4.78 is 9.80. The van der Waals surface area contributed by atoms with Crippen molar-refractivity contribution in [1.29, 1.82) is 0 Å². The molecule has 0 atom stereocenters. The summed E-state index contributed by atoms with van der Waals surface area (Å²) >= 11 is 0. The van der Waals surface area contributed by atoms with Crippen molar-refractivity contribution in [3.63, 3.8) is 0 Å². The Morgan fingerprint density at radius 2 is 2.00 bits per heavy atom. The average molecular weight is 116 g/mol. The molecule has 0 unspecified atom stereocenters. The third kappa shape index (κ3) is 2.64. The number of hydrogen-bond acceptors (Lipinski definition) is 2. The molecular formula is C6H12O2. The molecule has 0 aliphatic heterocycles. The summed E-state index contributed by atoms with van der Waals surface area (Å²) in [5, 5.41) is 0. The van der Waals surface area contributed by atoms with Crippen LogP contribution in [0.1, 0.15) is 13.8 Å². The maximum atomic E-state index is 4.92. The molecule has 48 valence electrons. The molecule has 8 heavy (non-hydrogen) atoms. The fourth-order valence-corrected chi connectivity index (χ4v) is 0.249. The van der Waals surface area contributed by atoms with Crippen LogP contribution in [0.25, 0.3) is 0 Å². The fourth-order valence-electron chi connectivity index (χ4n) is 0.249. The Hall–Kier alpha value is -0.500. The third-order valence-corrected chi connectivity index (χ3v) is 0.859. The number of methoxy groups -OCH3 is 1. The van der Waals surface area contributed by atoms with E-state index in [1.54, 1.807) is 7.11 Å². The van der Waals surface area contributed by atoms with Gasteiger partial charge in [0.1, 0.15) is 0 Å². The van der Waals surface area contributed by atoms with Crippen molar-refractivity contribution in [3.8, 4) is 0 Å². The Morgan fingerprint density at radius 1 is 1.50 bits per heavy atom. The molecule has 0 spiro atoms. The Kier molecular flexibility index (Phi) is 2.55. The van der Waals surface area contributed by atoms with Crippen LogP contribution in [0, 0.1) is 0 Å². The van der Waals surface area contributed by atoms with Crippen molar-refractivity contribution in [2.24, 2.45) is 0 Å². The summed E-state index contributed by atoms with van der Waals surface area (Å²) in [6, 6.07) is 0. The second-order valence-electron chi connectivity index (χ2n) is 1.89. The van der Waals surface area contributed by atoms with Crippen LogP contribution in [0.4, 0.5) is 0 Å². The SMILES string of the molecule is C=COC(C)(C)OC. The van der Waals surface area contributed by atoms with Gasteiger partial charge >= 0.3 is 0 Å². The van der Waals surface area contributed by atoms with Gasteiger partial charge in [0.25, 0.3) is 0 Å². The Labute approximate surface area is 50.1 Å². The minimum atomic E-state index is -0.526. The minimum absolute atomic E-state index is 0.526. The molecule has 0 aromatic heterocycles. The lowest BCUT2D eigenvalue weighted by atomic mass is 10.4. The van der Waals surface area contributed by atoms with Gasteiger partial charge in [-0.3, -0.25) is 0 Å². The summed E-state index contributed by atoms with van der Waals surface area (Å²) in [5.41, 5.74) is 0. The zero-order valence-electron chi connectivity index (χ0n) is 5.60. The second kappa shape index (κ2) is 2.72. The van der Waals surface area contributed by atoms with Gasteiger partial charge in [-0.2, -0.15) is 0 Å². The topological polar surface area (TPSA) is 18.5 Å². The lowest BCUT2D eigenvalue weighted by Crippen LogP contribution is -2.23.